The standard InChI is InChI=1S/C9H14N2O3S3/c1-6(14-2)5-11-17(12,13)8-4-3-7(16-8)9(10)15/h3-4,6,11H,5H2,1-2H3,(H2,10,15). The first-order valence-corrected chi connectivity index (χ1v) is 7.49. The van der Waals surface area contributed by atoms with E-state index in [2.05, 4.69) is 4.72 Å². The van der Waals surface area contributed by atoms with Crippen LogP contribution < -0.4 is 10.5 Å². The maximum atomic E-state index is 11.8. The third kappa shape index (κ3) is 4.00. The van der Waals surface area contributed by atoms with Gasteiger partial charge < -0.3 is 10.5 Å². The minimum atomic E-state index is -3.50. The predicted octanol–water partition coefficient (Wildman–Crippen LogP) is 0.696. The lowest BCUT2D eigenvalue weighted by Crippen LogP contribution is -2.31. The molecule has 1 heterocycles. The smallest absolute Gasteiger partial charge is 0.250 e. The van der Waals surface area contributed by atoms with Gasteiger partial charge >= 0.3 is 0 Å². The summed E-state index contributed by atoms with van der Waals surface area (Å²) in [4.78, 5) is 0.780. The Bertz CT molecular complexity index is 495. The number of sulfonamides is 1. The molecule has 0 saturated carbocycles. The molecule has 1 rings (SSSR count). The molecule has 0 aromatic carbocycles. The molecule has 1 aromatic rings. The Hall–Kier alpha value is -0.540. The van der Waals surface area contributed by atoms with Crippen molar-refractivity contribution in [1.82, 2.24) is 4.72 Å². The Labute approximate surface area is 110 Å². The molecule has 8 heteroatoms. The largest absolute Gasteiger partial charge is 0.389 e. The first-order chi connectivity index (χ1) is 7.86. The molecule has 96 valence electrons. The molecule has 0 saturated heterocycles. The Morgan fingerprint density at radius 1 is 1.65 bits per heavy atom. The van der Waals surface area contributed by atoms with Gasteiger partial charge in [0.1, 0.15) is 9.20 Å². The fraction of sp³-hybridized carbons (Fsp3) is 0.444. The topological polar surface area (TPSA) is 81.4 Å². The number of hydrogen-bond acceptors (Lipinski definition) is 5. The molecule has 1 atom stereocenters. The van der Waals surface area contributed by atoms with Gasteiger partial charge in [0.15, 0.2) is 0 Å². The maximum Gasteiger partial charge on any atom is 0.250 e. The molecule has 0 aliphatic heterocycles. The summed E-state index contributed by atoms with van der Waals surface area (Å²) in [5, 5.41) is 0. The van der Waals surface area contributed by atoms with Crippen molar-refractivity contribution in [3.05, 3.63) is 17.0 Å². The number of rotatable bonds is 6. The SMILES string of the molecule is COC(C)CNS(=O)(=O)c1ccc(C(N)=S)s1. The number of thiocarbonyl (C=S) groups is 1. The highest BCUT2D eigenvalue weighted by atomic mass is 32.2. The third-order valence-electron chi connectivity index (χ3n) is 2.05. The number of hydrogen-bond donors (Lipinski definition) is 2. The van der Waals surface area contributed by atoms with Crippen molar-refractivity contribution in [2.24, 2.45) is 5.73 Å². The fourth-order valence-electron chi connectivity index (χ4n) is 0.979. The van der Waals surface area contributed by atoms with Crippen LogP contribution in [0.4, 0.5) is 0 Å². The lowest BCUT2D eigenvalue weighted by Gasteiger charge is -2.10. The van der Waals surface area contributed by atoms with Gasteiger partial charge in [0, 0.05) is 13.7 Å². The Balaban J connectivity index is 2.79. The van der Waals surface area contributed by atoms with Gasteiger partial charge in [-0.1, -0.05) is 12.2 Å². The number of nitrogens with one attached hydrogen (secondary N) is 1. The van der Waals surface area contributed by atoms with E-state index in [1.807, 2.05) is 0 Å². The molecule has 0 spiro atoms. The van der Waals surface area contributed by atoms with Gasteiger partial charge in [-0.15, -0.1) is 11.3 Å². The molecular weight excluding hydrogens is 280 g/mol. The molecule has 0 bridgehead atoms. The number of thiophene rings is 1. The van der Waals surface area contributed by atoms with Crippen molar-refractivity contribution in [2.45, 2.75) is 17.2 Å². The van der Waals surface area contributed by atoms with E-state index in [4.69, 9.17) is 22.7 Å². The molecule has 0 amide bonds. The highest BCUT2D eigenvalue weighted by molar-refractivity contribution is 7.91. The summed E-state index contributed by atoms with van der Waals surface area (Å²) in [5.74, 6) is 0. The minimum Gasteiger partial charge on any atom is -0.389 e. The van der Waals surface area contributed by atoms with E-state index < -0.39 is 10.0 Å². The van der Waals surface area contributed by atoms with E-state index in [0.29, 0.717) is 4.88 Å². The molecule has 0 aliphatic carbocycles. The summed E-state index contributed by atoms with van der Waals surface area (Å²) in [6, 6.07) is 3.08. The normalized spacial score (nSPS) is 13.5. The molecule has 1 unspecified atom stereocenters. The van der Waals surface area contributed by atoms with Crippen molar-refractivity contribution >= 4 is 38.6 Å². The zero-order valence-corrected chi connectivity index (χ0v) is 11.9. The molecule has 17 heavy (non-hydrogen) atoms. The summed E-state index contributed by atoms with van der Waals surface area (Å²) in [7, 11) is -1.98. The van der Waals surface area contributed by atoms with E-state index in [1.165, 1.54) is 13.2 Å². The van der Waals surface area contributed by atoms with Crippen LogP contribution in [-0.4, -0.2) is 33.2 Å². The van der Waals surface area contributed by atoms with E-state index in [9.17, 15) is 8.42 Å². The zero-order valence-electron chi connectivity index (χ0n) is 9.47. The quantitative estimate of drug-likeness (QED) is 0.755. The van der Waals surface area contributed by atoms with Gasteiger partial charge in [-0.25, -0.2) is 13.1 Å². The van der Waals surface area contributed by atoms with E-state index in [0.717, 1.165) is 11.3 Å². The van der Waals surface area contributed by atoms with Gasteiger partial charge in [-0.3, -0.25) is 0 Å². The second kappa shape index (κ2) is 5.87. The average molecular weight is 294 g/mol. The molecule has 3 N–H and O–H groups in total. The van der Waals surface area contributed by atoms with Crippen molar-refractivity contribution in [3.8, 4) is 0 Å². The summed E-state index contributed by atoms with van der Waals surface area (Å²) >= 11 is 5.83. The number of nitrogens with two attached hydrogens (primary N) is 1. The van der Waals surface area contributed by atoms with Crippen LogP contribution in [0.1, 0.15) is 11.8 Å². The predicted molar refractivity (Wildman–Crippen MR) is 71.9 cm³/mol. The zero-order chi connectivity index (χ0) is 13.1. The van der Waals surface area contributed by atoms with E-state index >= 15 is 0 Å². The van der Waals surface area contributed by atoms with Crippen LogP contribution in [0.5, 0.6) is 0 Å². The van der Waals surface area contributed by atoms with Crippen LogP contribution >= 0.6 is 23.6 Å². The molecule has 5 nitrogen and oxygen atoms in total. The summed E-state index contributed by atoms with van der Waals surface area (Å²) in [5.41, 5.74) is 5.42. The summed E-state index contributed by atoms with van der Waals surface area (Å²) in [6.45, 7) is 2.00. The van der Waals surface area contributed by atoms with Crippen molar-refractivity contribution in [1.29, 1.82) is 0 Å². The lowest BCUT2D eigenvalue weighted by atomic mass is 10.4. The number of ether oxygens (including phenoxy) is 1. The molecule has 0 aliphatic rings. The Kier molecular flexibility index (Phi) is 5.02. The van der Waals surface area contributed by atoms with Crippen molar-refractivity contribution in [2.75, 3.05) is 13.7 Å². The van der Waals surface area contributed by atoms with Crippen LogP contribution in [0.3, 0.4) is 0 Å². The van der Waals surface area contributed by atoms with Crippen LogP contribution in [0.2, 0.25) is 0 Å². The maximum absolute atomic E-state index is 11.8. The summed E-state index contributed by atoms with van der Waals surface area (Å²) < 4.78 is 31.3. The lowest BCUT2D eigenvalue weighted by molar-refractivity contribution is 0.122. The highest BCUT2D eigenvalue weighted by Crippen LogP contribution is 2.21. The van der Waals surface area contributed by atoms with Crippen LogP contribution in [0.15, 0.2) is 16.3 Å². The van der Waals surface area contributed by atoms with E-state index in [-0.39, 0.29) is 21.8 Å². The Morgan fingerprint density at radius 3 is 2.76 bits per heavy atom. The van der Waals surface area contributed by atoms with Gasteiger partial charge in [-0.2, -0.15) is 0 Å². The third-order valence-corrected chi connectivity index (χ3v) is 5.44. The molecule has 1 aromatic heterocycles. The van der Waals surface area contributed by atoms with Gasteiger partial charge in [0.2, 0.25) is 10.0 Å². The van der Waals surface area contributed by atoms with Gasteiger partial charge in [0.05, 0.1) is 11.0 Å². The first kappa shape index (κ1) is 14.5. The number of methoxy groups -OCH3 is 1. The second-order valence-corrected chi connectivity index (χ2v) is 6.90. The fourth-order valence-corrected chi connectivity index (χ4v) is 3.49. The minimum absolute atomic E-state index is 0.181. The van der Waals surface area contributed by atoms with Crippen molar-refractivity contribution in [3.63, 3.8) is 0 Å². The average Bonchev–Trinajstić information content (AvgIpc) is 2.76. The molecule has 0 fully saturated rings. The first-order valence-electron chi connectivity index (χ1n) is 4.79. The van der Waals surface area contributed by atoms with Crippen molar-refractivity contribution < 1.29 is 13.2 Å². The highest BCUT2D eigenvalue weighted by Gasteiger charge is 2.18. The van der Waals surface area contributed by atoms with Crippen LogP contribution in [0.25, 0.3) is 0 Å². The monoisotopic (exact) mass is 294 g/mol. The van der Waals surface area contributed by atoms with Crippen LogP contribution in [0, 0.1) is 0 Å². The Morgan fingerprint density at radius 2 is 2.29 bits per heavy atom. The van der Waals surface area contributed by atoms with E-state index in [1.54, 1.807) is 13.0 Å². The van der Waals surface area contributed by atoms with Gasteiger partial charge in [-0.05, 0) is 19.1 Å². The second-order valence-electron chi connectivity index (χ2n) is 3.38. The molecule has 0 radical (unpaired) electrons. The van der Waals surface area contributed by atoms with Crippen LogP contribution in [-0.2, 0) is 14.8 Å². The van der Waals surface area contributed by atoms with Gasteiger partial charge in [0.25, 0.3) is 0 Å². The molecular formula is C9H14N2O3S3. The summed E-state index contributed by atoms with van der Waals surface area (Å²) in [6.07, 6.45) is -0.181.